The van der Waals surface area contributed by atoms with Crippen LogP contribution in [-0.2, 0) is 9.59 Å². The lowest BCUT2D eigenvalue weighted by atomic mass is 9.81. The van der Waals surface area contributed by atoms with Gasteiger partial charge in [-0.15, -0.1) is 0 Å². The number of carbonyl (C=O) groups is 2. The van der Waals surface area contributed by atoms with Crippen LogP contribution < -0.4 is 10.6 Å². The van der Waals surface area contributed by atoms with Crippen LogP contribution >= 0.6 is 11.6 Å². The first-order valence-corrected chi connectivity index (χ1v) is 9.47. The van der Waals surface area contributed by atoms with E-state index < -0.39 is 5.82 Å². The van der Waals surface area contributed by atoms with Gasteiger partial charge in [-0.25, -0.2) is 4.39 Å². The van der Waals surface area contributed by atoms with Crippen LogP contribution in [0, 0.1) is 17.7 Å². The van der Waals surface area contributed by atoms with Gasteiger partial charge in [0.25, 0.3) is 0 Å². The Balaban J connectivity index is 1.46. The van der Waals surface area contributed by atoms with Crippen molar-refractivity contribution in [2.45, 2.75) is 57.4 Å². The van der Waals surface area contributed by atoms with E-state index >= 15 is 0 Å². The summed E-state index contributed by atoms with van der Waals surface area (Å²) >= 11 is 5.74. The van der Waals surface area contributed by atoms with Gasteiger partial charge in [0, 0.05) is 23.6 Å². The van der Waals surface area contributed by atoms with Crippen LogP contribution in [0.5, 0.6) is 0 Å². The highest BCUT2D eigenvalue weighted by molar-refractivity contribution is 6.31. The molecule has 25 heavy (non-hydrogen) atoms. The Morgan fingerprint density at radius 2 is 1.56 bits per heavy atom. The Kier molecular flexibility index (Phi) is 5.94. The summed E-state index contributed by atoms with van der Waals surface area (Å²) in [6, 6.07) is 4.49. The molecule has 0 saturated heterocycles. The number of hydrogen-bond donors (Lipinski definition) is 2. The number of carbonyl (C=O) groups excluding carboxylic acids is 2. The molecule has 0 unspecified atom stereocenters. The van der Waals surface area contributed by atoms with Gasteiger partial charge in [0.2, 0.25) is 11.8 Å². The maximum atomic E-state index is 13.2. The number of rotatable bonds is 4. The third kappa shape index (κ3) is 4.72. The lowest BCUT2D eigenvalue weighted by Gasteiger charge is -2.28. The minimum atomic E-state index is -0.506. The largest absolute Gasteiger partial charge is 0.353 e. The van der Waals surface area contributed by atoms with Crippen molar-refractivity contribution in [3.63, 3.8) is 0 Å². The molecule has 0 aliphatic heterocycles. The smallest absolute Gasteiger partial charge is 0.227 e. The summed E-state index contributed by atoms with van der Waals surface area (Å²) in [6.07, 6.45) is 7.44. The molecule has 2 aliphatic rings. The minimum absolute atomic E-state index is 0.00917. The van der Waals surface area contributed by atoms with E-state index in [1.807, 2.05) is 0 Å². The third-order valence-electron chi connectivity index (χ3n) is 5.36. The van der Waals surface area contributed by atoms with Crippen LogP contribution in [0.15, 0.2) is 18.2 Å². The zero-order valence-corrected chi connectivity index (χ0v) is 14.9. The molecule has 0 radical (unpaired) electrons. The molecule has 3 rings (SSSR count). The molecule has 4 nitrogen and oxygen atoms in total. The van der Waals surface area contributed by atoms with Gasteiger partial charge in [0.15, 0.2) is 0 Å². The maximum absolute atomic E-state index is 13.2. The van der Waals surface area contributed by atoms with E-state index in [0.717, 1.165) is 25.7 Å². The van der Waals surface area contributed by atoms with Gasteiger partial charge < -0.3 is 10.6 Å². The fourth-order valence-electron chi connectivity index (χ4n) is 3.83. The van der Waals surface area contributed by atoms with Gasteiger partial charge >= 0.3 is 0 Å². The first kappa shape index (κ1) is 18.2. The number of anilines is 1. The first-order chi connectivity index (χ1) is 12.0. The zero-order chi connectivity index (χ0) is 17.8. The number of amides is 2. The first-order valence-electron chi connectivity index (χ1n) is 9.09. The summed E-state index contributed by atoms with van der Waals surface area (Å²) in [5.74, 6) is -0.536. The van der Waals surface area contributed by atoms with E-state index in [9.17, 15) is 14.0 Å². The fourth-order valence-corrected chi connectivity index (χ4v) is 4.01. The lowest BCUT2D eigenvalue weighted by molar-refractivity contribution is -0.129. The molecule has 0 bridgehead atoms. The molecule has 2 aliphatic carbocycles. The van der Waals surface area contributed by atoms with Crippen LogP contribution in [0.3, 0.4) is 0 Å². The fraction of sp³-hybridized carbons (Fsp3) is 0.579. The van der Waals surface area contributed by atoms with Crippen molar-refractivity contribution >= 4 is 29.1 Å². The second-order valence-electron chi connectivity index (χ2n) is 7.16. The van der Waals surface area contributed by atoms with E-state index in [1.165, 1.54) is 31.0 Å². The molecule has 0 aromatic heterocycles. The molecule has 6 heteroatoms. The van der Waals surface area contributed by atoms with E-state index in [4.69, 9.17) is 11.6 Å². The molecule has 0 spiro atoms. The molecule has 1 aromatic carbocycles. The van der Waals surface area contributed by atoms with Crippen LogP contribution in [0.25, 0.3) is 0 Å². The lowest BCUT2D eigenvalue weighted by Crippen LogP contribution is -2.39. The molecular weight excluding hydrogens is 343 g/mol. The molecular formula is C19H24ClFN2O2. The Labute approximate surface area is 152 Å². The number of benzene rings is 1. The second kappa shape index (κ2) is 8.17. The molecule has 136 valence electrons. The Bertz CT molecular complexity index is 638. The quantitative estimate of drug-likeness (QED) is 0.835. The Hall–Kier alpha value is -1.62. The highest BCUT2D eigenvalue weighted by Gasteiger charge is 2.31. The van der Waals surface area contributed by atoms with E-state index in [-0.39, 0.29) is 28.7 Å². The summed E-state index contributed by atoms with van der Waals surface area (Å²) in [4.78, 5) is 24.7. The summed E-state index contributed by atoms with van der Waals surface area (Å²) in [5.41, 5.74) is 0.498. The van der Waals surface area contributed by atoms with E-state index in [0.29, 0.717) is 24.6 Å². The highest BCUT2D eigenvalue weighted by Crippen LogP contribution is 2.31. The van der Waals surface area contributed by atoms with Crippen LogP contribution in [0.1, 0.15) is 51.4 Å². The van der Waals surface area contributed by atoms with Gasteiger partial charge in [-0.3, -0.25) is 9.59 Å². The Morgan fingerprint density at radius 3 is 2.16 bits per heavy atom. The molecule has 1 aromatic rings. The second-order valence-corrected chi connectivity index (χ2v) is 7.56. The normalized spacial score (nSPS) is 24.1. The van der Waals surface area contributed by atoms with Crippen molar-refractivity contribution in [2.75, 3.05) is 5.32 Å². The summed E-state index contributed by atoms with van der Waals surface area (Å²) in [7, 11) is 0. The topological polar surface area (TPSA) is 58.2 Å². The zero-order valence-electron chi connectivity index (χ0n) is 14.2. The van der Waals surface area contributed by atoms with Gasteiger partial charge in [-0.05, 0) is 56.7 Å². The van der Waals surface area contributed by atoms with Crippen molar-refractivity contribution in [1.29, 1.82) is 0 Å². The van der Waals surface area contributed by atoms with Crippen molar-refractivity contribution in [1.82, 2.24) is 5.32 Å². The SMILES string of the molecule is O=C(Nc1ccc(F)c(Cl)c1)C1CCC(C(=O)NC2CCCC2)CC1. The van der Waals surface area contributed by atoms with E-state index in [2.05, 4.69) is 10.6 Å². The van der Waals surface area contributed by atoms with E-state index in [1.54, 1.807) is 0 Å². The molecule has 0 heterocycles. The average Bonchev–Trinajstić information content (AvgIpc) is 3.11. The van der Waals surface area contributed by atoms with Crippen molar-refractivity contribution < 1.29 is 14.0 Å². The number of halogens is 2. The third-order valence-corrected chi connectivity index (χ3v) is 5.65. The number of nitrogens with one attached hydrogen (secondary N) is 2. The van der Waals surface area contributed by atoms with Crippen molar-refractivity contribution in [2.24, 2.45) is 11.8 Å². The standard InChI is InChI=1S/C19H24ClFN2O2/c20-16-11-15(9-10-17(16)21)23-19(25)13-7-5-12(6-8-13)18(24)22-14-3-1-2-4-14/h9-14H,1-8H2,(H,22,24)(H,23,25). The summed E-state index contributed by atoms with van der Waals surface area (Å²) in [6.45, 7) is 0. The summed E-state index contributed by atoms with van der Waals surface area (Å²) < 4.78 is 13.2. The van der Waals surface area contributed by atoms with Gasteiger partial charge in [-0.1, -0.05) is 24.4 Å². The maximum Gasteiger partial charge on any atom is 0.227 e. The molecule has 0 atom stereocenters. The monoisotopic (exact) mass is 366 g/mol. The Morgan fingerprint density at radius 1 is 0.960 bits per heavy atom. The van der Waals surface area contributed by atoms with Crippen molar-refractivity contribution in [3.8, 4) is 0 Å². The summed E-state index contributed by atoms with van der Waals surface area (Å²) in [5, 5.41) is 5.94. The number of hydrogen-bond acceptors (Lipinski definition) is 2. The predicted octanol–water partition coefficient (Wildman–Crippen LogP) is 4.28. The molecule has 2 N–H and O–H groups in total. The van der Waals surface area contributed by atoms with Crippen LogP contribution in [-0.4, -0.2) is 17.9 Å². The average molecular weight is 367 g/mol. The van der Waals surface area contributed by atoms with Crippen LogP contribution in [0.4, 0.5) is 10.1 Å². The van der Waals surface area contributed by atoms with Crippen molar-refractivity contribution in [3.05, 3.63) is 29.0 Å². The van der Waals surface area contributed by atoms with Gasteiger partial charge in [0.05, 0.1) is 5.02 Å². The van der Waals surface area contributed by atoms with Gasteiger partial charge in [0.1, 0.15) is 5.82 Å². The van der Waals surface area contributed by atoms with Gasteiger partial charge in [-0.2, -0.15) is 0 Å². The highest BCUT2D eigenvalue weighted by atomic mass is 35.5. The minimum Gasteiger partial charge on any atom is -0.353 e. The molecule has 2 amide bonds. The predicted molar refractivity (Wildman–Crippen MR) is 95.9 cm³/mol. The molecule has 2 fully saturated rings. The van der Waals surface area contributed by atoms with Crippen LogP contribution in [0.2, 0.25) is 5.02 Å². The molecule has 2 saturated carbocycles.